The number of aryl methyl sites for hydroxylation is 1. The highest BCUT2D eigenvalue weighted by Gasteiger charge is 2.27. The van der Waals surface area contributed by atoms with Gasteiger partial charge in [0.1, 0.15) is 16.6 Å². The molecule has 0 fully saturated rings. The topological polar surface area (TPSA) is 101 Å². The van der Waals surface area contributed by atoms with Crippen LogP contribution in [0.1, 0.15) is 5.56 Å². The van der Waals surface area contributed by atoms with Gasteiger partial charge >= 0.3 is 0 Å². The van der Waals surface area contributed by atoms with E-state index >= 15 is 0 Å². The molecule has 0 aliphatic carbocycles. The average molecular weight is 528 g/mol. The van der Waals surface area contributed by atoms with Crippen LogP contribution in [0.5, 0.6) is 5.75 Å². The van der Waals surface area contributed by atoms with Crippen molar-refractivity contribution in [3.63, 3.8) is 0 Å². The molecule has 0 saturated heterocycles. The van der Waals surface area contributed by atoms with Crippen molar-refractivity contribution in [2.75, 3.05) is 18.2 Å². The first kappa shape index (κ1) is 24.8. The average Bonchev–Trinajstić information content (AvgIpc) is 3.29. The Labute approximate surface area is 212 Å². The Hall–Kier alpha value is -3.27. The largest absolute Gasteiger partial charge is 0.495 e. The highest BCUT2D eigenvalue weighted by Crippen LogP contribution is 2.33. The Balaban J connectivity index is 1.63. The van der Waals surface area contributed by atoms with E-state index in [9.17, 15) is 13.2 Å². The fourth-order valence-corrected chi connectivity index (χ4v) is 5.88. The Kier molecular flexibility index (Phi) is 7.49. The lowest BCUT2D eigenvalue weighted by atomic mass is 10.2. The molecule has 4 rings (SSSR count). The Morgan fingerprint density at radius 3 is 2.49 bits per heavy atom. The third-order valence-corrected chi connectivity index (χ3v) is 8.13. The summed E-state index contributed by atoms with van der Waals surface area (Å²) in [5.41, 5.74) is 2.10. The fraction of sp³-hybridized carbons (Fsp3) is 0.120. The number of amides is 1. The highest BCUT2D eigenvalue weighted by atomic mass is 35.5. The first-order chi connectivity index (χ1) is 16.8. The van der Waals surface area contributed by atoms with Crippen LogP contribution in [0.2, 0.25) is 5.02 Å². The van der Waals surface area contributed by atoms with E-state index in [-0.39, 0.29) is 26.6 Å². The number of rotatable bonds is 8. The second-order valence-electron chi connectivity index (χ2n) is 7.58. The third kappa shape index (κ3) is 5.70. The maximum atomic E-state index is 13.5. The van der Waals surface area contributed by atoms with Gasteiger partial charge in [0.25, 0.3) is 0 Å². The lowest BCUT2D eigenvalue weighted by Gasteiger charge is -2.10. The molecule has 3 aromatic carbocycles. The number of carbonyl (C=O) groups excluding carboxylic acids is 1. The van der Waals surface area contributed by atoms with Crippen molar-refractivity contribution in [2.45, 2.75) is 21.9 Å². The summed E-state index contributed by atoms with van der Waals surface area (Å²) in [6, 6.07) is 20.7. The zero-order valence-electron chi connectivity index (χ0n) is 18.9. The number of aromatic nitrogens is 2. The standard InChI is InChI=1S/C25H22ClN3O4S2/c1-16-8-11-19(12-9-16)35(31,32)25-24(28-23(29-25)17-6-4-3-5-7-17)34-15-22(30)27-20-14-18(26)10-13-21(20)33-2/h3-14H,15H2,1-2H3,(H,27,30)(H,28,29). The number of halogens is 1. The van der Waals surface area contributed by atoms with E-state index in [1.54, 1.807) is 42.5 Å². The molecule has 1 amide bonds. The summed E-state index contributed by atoms with van der Waals surface area (Å²) in [7, 11) is -2.41. The Morgan fingerprint density at radius 2 is 1.80 bits per heavy atom. The van der Waals surface area contributed by atoms with E-state index in [4.69, 9.17) is 16.3 Å². The number of imidazole rings is 1. The number of hydrogen-bond acceptors (Lipinski definition) is 6. The number of ether oxygens (including phenoxy) is 1. The predicted octanol–water partition coefficient (Wildman–Crippen LogP) is 5.61. The first-order valence-corrected chi connectivity index (χ1v) is 13.4. The molecule has 1 aromatic heterocycles. The van der Waals surface area contributed by atoms with Gasteiger partial charge < -0.3 is 15.0 Å². The molecule has 2 N–H and O–H groups in total. The van der Waals surface area contributed by atoms with Crippen LogP contribution >= 0.6 is 23.4 Å². The molecule has 35 heavy (non-hydrogen) atoms. The van der Waals surface area contributed by atoms with Gasteiger partial charge in [-0.2, -0.15) is 0 Å². The third-order valence-electron chi connectivity index (χ3n) is 5.06. The normalized spacial score (nSPS) is 11.3. The molecule has 0 saturated carbocycles. The minimum Gasteiger partial charge on any atom is -0.495 e. The number of carbonyl (C=O) groups is 1. The Morgan fingerprint density at radius 1 is 1.09 bits per heavy atom. The van der Waals surface area contributed by atoms with Crippen molar-refractivity contribution in [3.05, 3.63) is 83.4 Å². The predicted molar refractivity (Wildman–Crippen MR) is 138 cm³/mol. The molecule has 10 heteroatoms. The van der Waals surface area contributed by atoms with E-state index in [1.807, 2.05) is 37.3 Å². The molecule has 0 atom stereocenters. The summed E-state index contributed by atoms with van der Waals surface area (Å²) in [5.74, 6) is 0.418. The van der Waals surface area contributed by atoms with Gasteiger partial charge in [0.05, 0.1) is 23.4 Å². The van der Waals surface area contributed by atoms with Gasteiger partial charge in [-0.3, -0.25) is 4.79 Å². The summed E-state index contributed by atoms with van der Waals surface area (Å²) < 4.78 is 32.2. The summed E-state index contributed by atoms with van der Waals surface area (Å²) in [6.07, 6.45) is 0. The number of anilines is 1. The van der Waals surface area contributed by atoms with Crippen molar-refractivity contribution in [2.24, 2.45) is 0 Å². The van der Waals surface area contributed by atoms with Crippen LogP contribution in [0.3, 0.4) is 0 Å². The van der Waals surface area contributed by atoms with Crippen LogP contribution in [0.15, 0.2) is 87.7 Å². The van der Waals surface area contributed by atoms with Gasteiger partial charge in [-0.1, -0.05) is 71.4 Å². The molecule has 1 heterocycles. The molecule has 0 unspecified atom stereocenters. The minimum atomic E-state index is -3.90. The van der Waals surface area contributed by atoms with E-state index in [2.05, 4.69) is 15.3 Å². The molecule has 180 valence electrons. The molecule has 7 nitrogen and oxygen atoms in total. The van der Waals surface area contributed by atoms with Crippen LogP contribution < -0.4 is 10.1 Å². The Bertz CT molecular complexity index is 1450. The van der Waals surface area contributed by atoms with Crippen LogP contribution in [0.25, 0.3) is 11.4 Å². The summed E-state index contributed by atoms with van der Waals surface area (Å²) in [6.45, 7) is 1.88. The van der Waals surface area contributed by atoms with Crippen molar-refractivity contribution >= 4 is 44.8 Å². The lowest BCUT2D eigenvalue weighted by molar-refractivity contribution is -0.113. The molecule has 4 aromatic rings. The quantitative estimate of drug-likeness (QED) is 0.289. The van der Waals surface area contributed by atoms with Crippen molar-refractivity contribution in [1.29, 1.82) is 0 Å². The monoisotopic (exact) mass is 527 g/mol. The van der Waals surface area contributed by atoms with Crippen LogP contribution in [-0.4, -0.2) is 37.2 Å². The number of hydrogen-bond donors (Lipinski definition) is 2. The molecule has 0 aliphatic heterocycles. The number of nitrogens with zero attached hydrogens (tertiary/aromatic N) is 1. The molecule has 0 radical (unpaired) electrons. The number of sulfone groups is 1. The fourth-order valence-electron chi connectivity index (χ4n) is 3.29. The smallest absolute Gasteiger partial charge is 0.234 e. The lowest BCUT2D eigenvalue weighted by Crippen LogP contribution is -2.15. The van der Waals surface area contributed by atoms with E-state index in [1.165, 1.54) is 7.11 Å². The van der Waals surface area contributed by atoms with Crippen LogP contribution in [-0.2, 0) is 14.6 Å². The molecule has 0 bridgehead atoms. The van der Waals surface area contributed by atoms with Gasteiger partial charge in [0.2, 0.25) is 15.7 Å². The van der Waals surface area contributed by atoms with E-state index < -0.39 is 9.84 Å². The highest BCUT2D eigenvalue weighted by molar-refractivity contribution is 8.00. The molecular formula is C25H22ClN3O4S2. The number of benzene rings is 3. The maximum Gasteiger partial charge on any atom is 0.234 e. The van der Waals surface area contributed by atoms with Gasteiger partial charge in [-0.05, 0) is 37.3 Å². The van der Waals surface area contributed by atoms with Gasteiger partial charge in [-0.15, -0.1) is 0 Å². The number of methoxy groups -OCH3 is 1. The van der Waals surface area contributed by atoms with Gasteiger partial charge in [-0.25, -0.2) is 13.4 Å². The second kappa shape index (κ2) is 10.6. The van der Waals surface area contributed by atoms with Crippen molar-refractivity contribution in [1.82, 2.24) is 9.97 Å². The van der Waals surface area contributed by atoms with E-state index in [0.29, 0.717) is 22.3 Å². The molecular weight excluding hydrogens is 506 g/mol. The summed E-state index contributed by atoms with van der Waals surface area (Å²) in [4.78, 5) is 20.3. The number of H-pyrrole nitrogens is 1. The minimum absolute atomic E-state index is 0.0571. The van der Waals surface area contributed by atoms with Gasteiger partial charge in [0, 0.05) is 10.6 Å². The summed E-state index contributed by atoms with van der Waals surface area (Å²) >= 11 is 7.06. The molecule has 0 spiro atoms. The van der Waals surface area contributed by atoms with Crippen molar-refractivity contribution in [3.8, 4) is 17.1 Å². The zero-order valence-corrected chi connectivity index (χ0v) is 21.3. The summed E-state index contributed by atoms with van der Waals surface area (Å²) in [5, 5.41) is 3.34. The van der Waals surface area contributed by atoms with Crippen LogP contribution in [0, 0.1) is 6.92 Å². The molecule has 0 aliphatic rings. The first-order valence-electron chi connectivity index (χ1n) is 10.5. The van der Waals surface area contributed by atoms with E-state index in [0.717, 1.165) is 22.9 Å². The maximum absolute atomic E-state index is 13.5. The van der Waals surface area contributed by atoms with Gasteiger partial charge in [0.15, 0.2) is 5.03 Å². The van der Waals surface area contributed by atoms with Crippen LogP contribution in [0.4, 0.5) is 5.69 Å². The number of thioether (sulfide) groups is 1. The number of aromatic amines is 1. The zero-order chi connectivity index (χ0) is 25.0. The number of nitrogens with one attached hydrogen (secondary N) is 2. The van der Waals surface area contributed by atoms with Crippen molar-refractivity contribution < 1.29 is 17.9 Å². The SMILES string of the molecule is COc1ccc(Cl)cc1NC(=O)CSc1nc(-c2ccccc2)[nH]c1S(=O)(=O)c1ccc(C)cc1. The second-order valence-corrected chi connectivity index (χ2v) is 10.9.